The molecule has 2 amide bonds. The van der Waals surface area contributed by atoms with E-state index in [4.69, 9.17) is 0 Å². The van der Waals surface area contributed by atoms with E-state index < -0.39 is 0 Å². The van der Waals surface area contributed by atoms with Crippen molar-refractivity contribution in [3.8, 4) is 0 Å². The topological polar surface area (TPSA) is 70.2 Å². The molecule has 0 aromatic heterocycles. The molecule has 234 valence electrons. The molecule has 4 aliphatic rings. The minimum atomic E-state index is 0.00113. The first kappa shape index (κ1) is 32.6. The summed E-state index contributed by atoms with van der Waals surface area (Å²) in [4.78, 5) is 23.3. The second-order valence-electron chi connectivity index (χ2n) is 15.2. The van der Waals surface area contributed by atoms with Crippen molar-refractivity contribution in [3.05, 3.63) is 11.6 Å². The molecule has 0 saturated heterocycles. The SMILES string of the molecule is CCC(=O)NCCC(=O)NCCCN[C@@H]1CC2=CCC3C(CCC4(C)C([C@@H](C)CCCC(C)C)CC[C@@H]34)C2C(C)C1. The third-order valence-electron chi connectivity index (χ3n) is 12.1. The van der Waals surface area contributed by atoms with Crippen LogP contribution in [-0.4, -0.2) is 37.5 Å². The van der Waals surface area contributed by atoms with Crippen molar-refractivity contribution < 1.29 is 9.59 Å². The lowest BCUT2D eigenvalue weighted by Gasteiger charge is -2.56. The van der Waals surface area contributed by atoms with Crippen LogP contribution in [0.15, 0.2) is 11.6 Å². The van der Waals surface area contributed by atoms with Crippen LogP contribution < -0.4 is 16.0 Å². The fourth-order valence-electron chi connectivity index (χ4n) is 10.1. The van der Waals surface area contributed by atoms with Crippen molar-refractivity contribution in [1.82, 2.24) is 16.0 Å². The van der Waals surface area contributed by atoms with Crippen LogP contribution in [-0.2, 0) is 9.59 Å². The summed E-state index contributed by atoms with van der Waals surface area (Å²) in [6, 6.07) is 0.570. The maximum Gasteiger partial charge on any atom is 0.221 e. The molecule has 0 heterocycles. The van der Waals surface area contributed by atoms with Crippen LogP contribution in [0.5, 0.6) is 0 Å². The Morgan fingerprint density at radius 1 is 0.976 bits per heavy atom. The van der Waals surface area contributed by atoms with E-state index in [9.17, 15) is 9.59 Å². The summed E-state index contributed by atoms with van der Waals surface area (Å²) < 4.78 is 0. The zero-order chi connectivity index (χ0) is 29.6. The number of nitrogens with one attached hydrogen (secondary N) is 3. The second kappa shape index (κ2) is 14.9. The Kier molecular flexibility index (Phi) is 11.8. The van der Waals surface area contributed by atoms with Gasteiger partial charge in [0.15, 0.2) is 0 Å². The highest BCUT2D eigenvalue weighted by Crippen LogP contribution is 2.65. The lowest BCUT2D eigenvalue weighted by molar-refractivity contribution is -0.122. The molecule has 41 heavy (non-hydrogen) atoms. The highest BCUT2D eigenvalue weighted by molar-refractivity contribution is 5.78. The molecule has 3 fully saturated rings. The molecular weight excluding hydrogens is 506 g/mol. The van der Waals surface area contributed by atoms with Gasteiger partial charge in [-0.05, 0) is 111 Å². The van der Waals surface area contributed by atoms with Crippen LogP contribution >= 0.6 is 0 Å². The summed E-state index contributed by atoms with van der Waals surface area (Å²) >= 11 is 0. The number of rotatable bonds is 14. The first-order valence-corrected chi connectivity index (χ1v) is 17.6. The number of allylic oxidation sites excluding steroid dienone is 1. The monoisotopic (exact) mass is 569 g/mol. The number of carbonyl (C=O) groups is 2. The van der Waals surface area contributed by atoms with Crippen molar-refractivity contribution in [3.63, 3.8) is 0 Å². The van der Waals surface area contributed by atoms with Crippen molar-refractivity contribution in [1.29, 1.82) is 0 Å². The lowest BCUT2D eigenvalue weighted by Crippen LogP contribution is -2.49. The van der Waals surface area contributed by atoms with E-state index in [1.165, 1.54) is 64.2 Å². The van der Waals surface area contributed by atoms with E-state index in [1.54, 1.807) is 5.57 Å². The van der Waals surface area contributed by atoms with Gasteiger partial charge in [0.2, 0.25) is 11.8 Å². The number of hydrogen-bond acceptors (Lipinski definition) is 3. The van der Waals surface area contributed by atoms with Gasteiger partial charge in [-0.2, -0.15) is 0 Å². The Hall–Kier alpha value is -1.36. The Labute approximate surface area is 252 Å². The first-order chi connectivity index (χ1) is 19.6. The first-order valence-electron chi connectivity index (χ1n) is 17.6. The van der Waals surface area contributed by atoms with Gasteiger partial charge in [0.05, 0.1) is 0 Å². The predicted molar refractivity (Wildman–Crippen MR) is 170 cm³/mol. The van der Waals surface area contributed by atoms with Gasteiger partial charge >= 0.3 is 0 Å². The highest BCUT2D eigenvalue weighted by atomic mass is 16.2. The number of amides is 2. The number of carbonyl (C=O) groups excluding carboxylic acids is 2. The Morgan fingerprint density at radius 2 is 1.76 bits per heavy atom. The predicted octanol–water partition coefficient (Wildman–Crippen LogP) is 7.26. The number of hydrogen-bond donors (Lipinski definition) is 3. The summed E-state index contributed by atoms with van der Waals surface area (Å²) in [5.41, 5.74) is 2.34. The molecule has 5 nitrogen and oxygen atoms in total. The van der Waals surface area contributed by atoms with Crippen LogP contribution in [0.1, 0.15) is 125 Å². The Balaban J connectivity index is 1.23. The van der Waals surface area contributed by atoms with Gasteiger partial charge in [0.1, 0.15) is 0 Å². The largest absolute Gasteiger partial charge is 0.356 e. The summed E-state index contributed by atoms with van der Waals surface area (Å²) in [6.07, 6.45) is 18.4. The zero-order valence-corrected chi connectivity index (χ0v) is 27.4. The smallest absolute Gasteiger partial charge is 0.221 e. The molecule has 0 spiro atoms. The Morgan fingerprint density at radius 3 is 2.51 bits per heavy atom. The van der Waals surface area contributed by atoms with Crippen molar-refractivity contribution in [2.45, 2.75) is 131 Å². The van der Waals surface area contributed by atoms with Crippen molar-refractivity contribution in [2.75, 3.05) is 19.6 Å². The fraction of sp³-hybridized carbons (Fsp3) is 0.889. The minimum absolute atomic E-state index is 0.00113. The van der Waals surface area contributed by atoms with Gasteiger partial charge in [-0.15, -0.1) is 0 Å². The van der Waals surface area contributed by atoms with Crippen molar-refractivity contribution >= 4 is 11.8 Å². The highest BCUT2D eigenvalue weighted by Gasteiger charge is 2.57. The minimum Gasteiger partial charge on any atom is -0.356 e. The van der Waals surface area contributed by atoms with Gasteiger partial charge in [-0.1, -0.05) is 72.5 Å². The fourth-order valence-corrected chi connectivity index (χ4v) is 10.1. The molecule has 4 aliphatic carbocycles. The molecule has 0 aromatic rings. The summed E-state index contributed by atoms with van der Waals surface area (Å²) in [7, 11) is 0. The average Bonchev–Trinajstić information content (AvgIpc) is 3.29. The van der Waals surface area contributed by atoms with Crippen molar-refractivity contribution in [2.24, 2.45) is 52.8 Å². The van der Waals surface area contributed by atoms with Crippen LogP contribution in [0.3, 0.4) is 0 Å². The van der Waals surface area contributed by atoms with Gasteiger partial charge < -0.3 is 16.0 Å². The maximum atomic E-state index is 12.0. The van der Waals surface area contributed by atoms with Gasteiger partial charge in [0, 0.05) is 32.0 Å². The van der Waals surface area contributed by atoms with Crippen LogP contribution in [0.25, 0.3) is 0 Å². The van der Waals surface area contributed by atoms with Crippen LogP contribution in [0.4, 0.5) is 0 Å². The molecule has 3 saturated carbocycles. The van der Waals surface area contributed by atoms with E-state index in [-0.39, 0.29) is 11.8 Å². The molecule has 0 aliphatic heterocycles. The van der Waals surface area contributed by atoms with E-state index >= 15 is 0 Å². The quantitative estimate of drug-likeness (QED) is 0.152. The average molecular weight is 570 g/mol. The summed E-state index contributed by atoms with van der Waals surface area (Å²) in [5.74, 6) is 7.03. The normalized spacial score (nSPS) is 35.2. The Bertz CT molecular complexity index is 899. The number of fused-ring (bicyclic) bond motifs is 5. The van der Waals surface area contributed by atoms with Gasteiger partial charge in [0.25, 0.3) is 0 Å². The zero-order valence-electron chi connectivity index (χ0n) is 27.4. The molecule has 3 N–H and O–H groups in total. The summed E-state index contributed by atoms with van der Waals surface area (Å²) in [6.45, 7) is 16.5. The third-order valence-corrected chi connectivity index (χ3v) is 12.1. The lowest BCUT2D eigenvalue weighted by atomic mass is 9.49. The molecule has 4 rings (SSSR count). The molecule has 0 aromatic carbocycles. The standard InChI is InChI=1S/C36H63N3O2/c1-7-33(40)39-21-17-34(41)38-20-9-19-37-28-22-26(5)35-27(23-28)12-13-29-30(35)16-18-36(6)31(14-15-32(29)36)25(4)11-8-10-24(2)3/h12,24-26,28-32,35,37H,7-11,13-23H2,1-6H3,(H,38,41)(H,39,40)/t25-,26?,28-,29?,30?,31?,32-,35?,36?/m0/s1. The molecule has 6 unspecified atom stereocenters. The van der Waals surface area contributed by atoms with E-state index in [0.717, 1.165) is 60.3 Å². The van der Waals surface area contributed by atoms with E-state index in [0.29, 0.717) is 37.4 Å². The molecule has 5 heteroatoms. The summed E-state index contributed by atoms with van der Waals surface area (Å²) in [5, 5.41) is 9.60. The molecule has 0 radical (unpaired) electrons. The molecular formula is C36H63N3O2. The van der Waals surface area contributed by atoms with E-state index in [1.807, 2.05) is 6.92 Å². The van der Waals surface area contributed by atoms with Gasteiger partial charge in [-0.25, -0.2) is 0 Å². The van der Waals surface area contributed by atoms with Gasteiger partial charge in [-0.3, -0.25) is 9.59 Å². The van der Waals surface area contributed by atoms with Crippen LogP contribution in [0, 0.1) is 52.8 Å². The maximum absolute atomic E-state index is 12.0. The third kappa shape index (κ3) is 7.98. The second-order valence-corrected chi connectivity index (χ2v) is 15.2. The van der Waals surface area contributed by atoms with Crippen LogP contribution in [0.2, 0.25) is 0 Å². The molecule has 0 bridgehead atoms. The molecule has 9 atom stereocenters. The van der Waals surface area contributed by atoms with E-state index in [2.05, 4.69) is 56.6 Å².